The Hall–Kier alpha value is -1.09. The molecule has 1 N–H and O–H groups in total. The number of aromatic nitrogens is 1. The number of hydrogen-bond donors (Lipinski definition) is 1. The van der Waals surface area contributed by atoms with Crippen LogP contribution in [0, 0.1) is 11.8 Å². The molecule has 1 saturated carbocycles. The number of ether oxygens (including phenoxy) is 1. The molecule has 0 spiro atoms. The Kier molecular flexibility index (Phi) is 3.38. The van der Waals surface area contributed by atoms with E-state index >= 15 is 0 Å². The summed E-state index contributed by atoms with van der Waals surface area (Å²) in [5, 5.41) is 10.9. The summed E-state index contributed by atoms with van der Waals surface area (Å²) in [7, 11) is 1.62. The summed E-state index contributed by atoms with van der Waals surface area (Å²) in [6.45, 7) is 4.34. The summed E-state index contributed by atoms with van der Waals surface area (Å²) in [6, 6.07) is 1.90. The van der Waals surface area contributed by atoms with Crippen LogP contribution in [0.2, 0.25) is 0 Å². The van der Waals surface area contributed by atoms with Crippen LogP contribution in [0.3, 0.4) is 0 Å². The molecule has 17 heavy (non-hydrogen) atoms. The average Bonchev–Trinajstić information content (AvgIpc) is 2.36. The monoisotopic (exact) mass is 235 g/mol. The van der Waals surface area contributed by atoms with Crippen molar-refractivity contribution in [2.45, 2.75) is 38.7 Å². The standard InChI is InChI=1S/C14H21NO2/c1-10-5-4-6-14(16,11(10)2)12-7-13(17-3)9-15-8-12/h7-11,16H,4-6H2,1-3H3. The van der Waals surface area contributed by atoms with Crippen molar-refractivity contribution in [2.75, 3.05) is 7.11 Å². The third kappa shape index (κ3) is 2.16. The minimum atomic E-state index is -0.751. The van der Waals surface area contributed by atoms with E-state index in [1.807, 2.05) is 6.07 Å². The van der Waals surface area contributed by atoms with E-state index in [0.29, 0.717) is 11.7 Å². The van der Waals surface area contributed by atoms with Crippen LogP contribution in [0.4, 0.5) is 0 Å². The van der Waals surface area contributed by atoms with E-state index in [1.54, 1.807) is 19.5 Å². The van der Waals surface area contributed by atoms with Gasteiger partial charge in [-0.3, -0.25) is 4.98 Å². The molecule has 3 nitrogen and oxygen atoms in total. The van der Waals surface area contributed by atoms with Gasteiger partial charge in [-0.2, -0.15) is 0 Å². The topological polar surface area (TPSA) is 42.4 Å². The summed E-state index contributed by atoms with van der Waals surface area (Å²) in [6.07, 6.45) is 6.51. The molecular formula is C14H21NO2. The Balaban J connectivity index is 2.35. The lowest BCUT2D eigenvalue weighted by Crippen LogP contribution is -2.40. The van der Waals surface area contributed by atoms with E-state index < -0.39 is 5.60 Å². The summed E-state index contributed by atoms with van der Waals surface area (Å²) < 4.78 is 5.18. The number of nitrogens with zero attached hydrogens (tertiary/aromatic N) is 1. The highest BCUT2D eigenvalue weighted by Gasteiger charge is 2.41. The zero-order valence-corrected chi connectivity index (χ0v) is 10.8. The third-order valence-electron chi connectivity index (χ3n) is 4.27. The molecular weight excluding hydrogens is 214 g/mol. The third-order valence-corrected chi connectivity index (χ3v) is 4.27. The molecule has 0 aliphatic heterocycles. The maximum absolute atomic E-state index is 10.9. The molecule has 3 unspecified atom stereocenters. The Labute approximate surface area is 103 Å². The Morgan fingerprint density at radius 1 is 1.41 bits per heavy atom. The first-order valence-corrected chi connectivity index (χ1v) is 6.30. The van der Waals surface area contributed by atoms with Crippen LogP contribution >= 0.6 is 0 Å². The minimum absolute atomic E-state index is 0.255. The molecule has 1 fully saturated rings. The lowest BCUT2D eigenvalue weighted by Gasteiger charge is -2.42. The van der Waals surface area contributed by atoms with Crippen LogP contribution in [0.1, 0.15) is 38.7 Å². The van der Waals surface area contributed by atoms with Crippen LogP contribution in [0.5, 0.6) is 5.75 Å². The smallest absolute Gasteiger partial charge is 0.137 e. The maximum atomic E-state index is 10.9. The number of pyridine rings is 1. The highest BCUT2D eigenvalue weighted by Crippen LogP contribution is 2.44. The first kappa shape index (κ1) is 12.4. The second-order valence-electron chi connectivity index (χ2n) is 5.20. The fraction of sp³-hybridized carbons (Fsp3) is 0.643. The van der Waals surface area contributed by atoms with Crippen molar-refractivity contribution in [3.8, 4) is 5.75 Å². The first-order chi connectivity index (χ1) is 8.08. The molecule has 1 aliphatic carbocycles. The van der Waals surface area contributed by atoms with Gasteiger partial charge in [0.05, 0.1) is 18.9 Å². The average molecular weight is 235 g/mol. The molecule has 1 aromatic rings. The van der Waals surface area contributed by atoms with Crippen molar-refractivity contribution in [3.05, 3.63) is 24.0 Å². The zero-order chi connectivity index (χ0) is 12.5. The van der Waals surface area contributed by atoms with Crippen molar-refractivity contribution in [1.29, 1.82) is 0 Å². The summed E-state index contributed by atoms with van der Waals surface area (Å²) >= 11 is 0. The van der Waals surface area contributed by atoms with Crippen LogP contribution < -0.4 is 4.74 Å². The van der Waals surface area contributed by atoms with Gasteiger partial charge in [-0.25, -0.2) is 0 Å². The van der Waals surface area contributed by atoms with Crippen molar-refractivity contribution in [1.82, 2.24) is 4.98 Å². The molecule has 1 heterocycles. The second kappa shape index (κ2) is 4.65. The van der Waals surface area contributed by atoms with E-state index in [-0.39, 0.29) is 5.92 Å². The normalized spacial score (nSPS) is 33.4. The predicted octanol–water partition coefficient (Wildman–Crippen LogP) is 2.73. The number of rotatable bonds is 2. The number of methoxy groups -OCH3 is 1. The van der Waals surface area contributed by atoms with Crippen LogP contribution in [0.15, 0.2) is 18.5 Å². The Morgan fingerprint density at radius 2 is 2.18 bits per heavy atom. The summed E-state index contributed by atoms with van der Waals surface area (Å²) in [5.74, 6) is 1.51. The summed E-state index contributed by atoms with van der Waals surface area (Å²) in [4.78, 5) is 4.15. The van der Waals surface area contributed by atoms with E-state index in [9.17, 15) is 5.11 Å². The number of hydrogen-bond acceptors (Lipinski definition) is 3. The molecule has 94 valence electrons. The Morgan fingerprint density at radius 3 is 2.88 bits per heavy atom. The fourth-order valence-electron chi connectivity index (χ4n) is 2.82. The van der Waals surface area contributed by atoms with Crippen LogP contribution in [-0.4, -0.2) is 17.2 Å². The molecule has 3 heteroatoms. The highest BCUT2D eigenvalue weighted by molar-refractivity contribution is 5.29. The quantitative estimate of drug-likeness (QED) is 0.857. The second-order valence-corrected chi connectivity index (χ2v) is 5.20. The van der Waals surface area contributed by atoms with Gasteiger partial charge in [0.2, 0.25) is 0 Å². The van der Waals surface area contributed by atoms with Gasteiger partial charge in [0.1, 0.15) is 5.75 Å². The van der Waals surface area contributed by atoms with Crippen LogP contribution in [0.25, 0.3) is 0 Å². The van der Waals surface area contributed by atoms with Gasteiger partial charge in [-0.05, 0) is 30.7 Å². The van der Waals surface area contributed by atoms with E-state index in [1.165, 1.54) is 6.42 Å². The van der Waals surface area contributed by atoms with Gasteiger partial charge in [0, 0.05) is 11.8 Å². The van der Waals surface area contributed by atoms with E-state index in [2.05, 4.69) is 18.8 Å². The van der Waals surface area contributed by atoms with Gasteiger partial charge in [0.25, 0.3) is 0 Å². The molecule has 1 aliphatic rings. The lowest BCUT2D eigenvalue weighted by molar-refractivity contribution is -0.0692. The maximum Gasteiger partial charge on any atom is 0.137 e. The molecule has 0 amide bonds. The van der Waals surface area contributed by atoms with Gasteiger partial charge in [-0.1, -0.05) is 20.3 Å². The molecule has 1 aromatic heterocycles. The van der Waals surface area contributed by atoms with Crippen molar-refractivity contribution in [3.63, 3.8) is 0 Å². The number of aliphatic hydroxyl groups is 1. The first-order valence-electron chi connectivity index (χ1n) is 6.30. The van der Waals surface area contributed by atoms with Crippen molar-refractivity contribution < 1.29 is 9.84 Å². The van der Waals surface area contributed by atoms with Crippen molar-refractivity contribution >= 4 is 0 Å². The van der Waals surface area contributed by atoms with Gasteiger partial charge in [0.15, 0.2) is 0 Å². The van der Waals surface area contributed by atoms with Gasteiger partial charge < -0.3 is 9.84 Å². The van der Waals surface area contributed by atoms with E-state index in [4.69, 9.17) is 4.74 Å². The lowest BCUT2D eigenvalue weighted by atomic mass is 9.68. The van der Waals surface area contributed by atoms with Gasteiger partial charge >= 0.3 is 0 Å². The largest absolute Gasteiger partial charge is 0.495 e. The van der Waals surface area contributed by atoms with E-state index in [0.717, 1.165) is 18.4 Å². The molecule has 3 atom stereocenters. The zero-order valence-electron chi connectivity index (χ0n) is 10.8. The van der Waals surface area contributed by atoms with Crippen molar-refractivity contribution in [2.24, 2.45) is 11.8 Å². The molecule has 0 aromatic carbocycles. The fourth-order valence-corrected chi connectivity index (χ4v) is 2.82. The predicted molar refractivity (Wildman–Crippen MR) is 66.9 cm³/mol. The SMILES string of the molecule is COc1cncc(C2(O)CCCC(C)C2C)c1. The molecule has 0 saturated heterocycles. The highest BCUT2D eigenvalue weighted by atomic mass is 16.5. The molecule has 2 rings (SSSR count). The molecule has 0 bridgehead atoms. The summed E-state index contributed by atoms with van der Waals surface area (Å²) in [5.41, 5.74) is 0.134. The minimum Gasteiger partial charge on any atom is -0.495 e. The van der Waals surface area contributed by atoms with Gasteiger partial charge in [-0.15, -0.1) is 0 Å². The van der Waals surface area contributed by atoms with Crippen LogP contribution in [-0.2, 0) is 5.60 Å². The Bertz CT molecular complexity index is 394. The molecule has 0 radical (unpaired) electrons.